The Morgan fingerprint density at radius 2 is 2.00 bits per heavy atom. The van der Waals surface area contributed by atoms with E-state index in [4.69, 9.17) is 11.6 Å². The Morgan fingerprint density at radius 3 is 2.33 bits per heavy atom. The van der Waals surface area contributed by atoms with E-state index < -0.39 is 0 Å². The molecule has 0 saturated heterocycles. The van der Waals surface area contributed by atoms with Crippen molar-refractivity contribution in [2.45, 2.75) is 19.3 Å². The van der Waals surface area contributed by atoms with Gasteiger partial charge in [-0.05, 0) is 31.1 Å². The molecule has 2 aliphatic rings. The first kappa shape index (κ1) is 6.23. The van der Waals surface area contributed by atoms with Crippen molar-refractivity contribution in [3.63, 3.8) is 0 Å². The quantitative estimate of drug-likeness (QED) is 0.572. The number of hydrogen-bond donors (Lipinski definition) is 0. The van der Waals surface area contributed by atoms with Crippen LogP contribution >= 0.6 is 27.5 Å². The maximum atomic E-state index is 5.99. The second-order valence-corrected chi connectivity index (χ2v) is 4.16. The van der Waals surface area contributed by atoms with Crippen LogP contribution in [-0.2, 0) is 0 Å². The van der Waals surface area contributed by atoms with Gasteiger partial charge in [0.2, 0.25) is 0 Å². The number of fused-ring (bicyclic) bond motifs is 2. The Labute approximate surface area is 68.4 Å². The molecule has 50 valence electrons. The van der Waals surface area contributed by atoms with Gasteiger partial charge in [-0.25, -0.2) is 0 Å². The van der Waals surface area contributed by atoms with E-state index in [-0.39, 0.29) is 0 Å². The molecule has 2 heteroatoms. The van der Waals surface area contributed by atoms with E-state index in [0.717, 1.165) is 11.0 Å². The van der Waals surface area contributed by atoms with Crippen molar-refractivity contribution in [1.82, 2.24) is 0 Å². The van der Waals surface area contributed by atoms with Gasteiger partial charge in [-0.15, -0.1) is 0 Å². The number of rotatable bonds is 0. The van der Waals surface area contributed by atoms with E-state index in [1.807, 2.05) is 0 Å². The lowest BCUT2D eigenvalue weighted by atomic mass is 10.1. The van der Waals surface area contributed by atoms with Gasteiger partial charge in [0.1, 0.15) is 0 Å². The van der Waals surface area contributed by atoms with Crippen molar-refractivity contribution in [2.24, 2.45) is 11.8 Å². The summed E-state index contributed by atoms with van der Waals surface area (Å²) in [5.41, 5.74) is 0. The van der Waals surface area contributed by atoms with Gasteiger partial charge in [0.05, 0.1) is 0 Å². The minimum atomic E-state index is 0.714. The molecule has 0 N–H and O–H groups in total. The summed E-state index contributed by atoms with van der Waals surface area (Å²) in [4.78, 5) is 0. The van der Waals surface area contributed by atoms with Crippen LogP contribution in [-0.4, -0.2) is 0 Å². The summed E-state index contributed by atoms with van der Waals surface area (Å²) < 4.78 is 1.29. The lowest BCUT2D eigenvalue weighted by molar-refractivity contribution is 0.683. The smallest absolute Gasteiger partial charge is 0.0316 e. The molecule has 0 radical (unpaired) electrons. The molecule has 1 saturated carbocycles. The molecule has 0 aromatic heterocycles. The Balaban J connectivity index is 2.36. The van der Waals surface area contributed by atoms with Crippen molar-refractivity contribution >= 4 is 27.5 Å². The van der Waals surface area contributed by atoms with Crippen LogP contribution in [0.4, 0.5) is 0 Å². The van der Waals surface area contributed by atoms with E-state index in [9.17, 15) is 0 Å². The van der Waals surface area contributed by atoms with E-state index in [1.54, 1.807) is 0 Å². The normalized spacial score (nSPS) is 40.7. The molecular weight excluding hydrogens is 199 g/mol. The number of hydrogen-bond acceptors (Lipinski definition) is 0. The van der Waals surface area contributed by atoms with Crippen LogP contribution < -0.4 is 0 Å². The molecule has 0 unspecified atom stereocenters. The van der Waals surface area contributed by atoms with Crippen molar-refractivity contribution in [1.29, 1.82) is 0 Å². The van der Waals surface area contributed by atoms with Gasteiger partial charge >= 0.3 is 0 Å². The van der Waals surface area contributed by atoms with Gasteiger partial charge in [0.25, 0.3) is 0 Å². The maximum absolute atomic E-state index is 5.99. The topological polar surface area (TPSA) is 0 Å². The van der Waals surface area contributed by atoms with Crippen LogP contribution in [0.5, 0.6) is 0 Å². The largest absolute Gasteiger partial charge is 0.0880 e. The molecule has 0 aliphatic heterocycles. The van der Waals surface area contributed by atoms with Crippen LogP contribution in [0, 0.1) is 11.8 Å². The third-order valence-electron chi connectivity index (χ3n) is 2.38. The summed E-state index contributed by atoms with van der Waals surface area (Å²) >= 11 is 9.50. The summed E-state index contributed by atoms with van der Waals surface area (Å²) in [5.74, 6) is 1.49. The summed E-state index contributed by atoms with van der Waals surface area (Å²) in [6, 6.07) is 0. The van der Waals surface area contributed by atoms with Crippen molar-refractivity contribution < 1.29 is 0 Å². The minimum Gasteiger partial charge on any atom is -0.0880 e. The third kappa shape index (κ3) is 0.779. The second-order valence-electron chi connectivity index (χ2n) is 2.90. The molecule has 0 aromatic rings. The van der Waals surface area contributed by atoms with Crippen molar-refractivity contribution in [2.75, 3.05) is 0 Å². The summed E-state index contributed by atoms with van der Waals surface area (Å²) in [7, 11) is 0. The SMILES string of the molecule is ClC1=C(Br)[C@H]2CC[C@@H]1C2. The molecule has 0 aromatic carbocycles. The Morgan fingerprint density at radius 1 is 1.33 bits per heavy atom. The molecule has 2 bridgehead atoms. The van der Waals surface area contributed by atoms with Crippen LogP contribution in [0.2, 0.25) is 0 Å². The maximum Gasteiger partial charge on any atom is 0.0316 e. The van der Waals surface area contributed by atoms with E-state index in [0.29, 0.717) is 5.92 Å². The molecule has 2 atom stereocenters. The average Bonchev–Trinajstić information content (AvgIpc) is 2.37. The fraction of sp³-hybridized carbons (Fsp3) is 0.714. The highest BCUT2D eigenvalue weighted by atomic mass is 79.9. The Bertz CT molecular complexity index is 156. The first-order valence-corrected chi connectivity index (χ1v) is 4.51. The molecule has 9 heavy (non-hydrogen) atoms. The lowest BCUT2D eigenvalue weighted by Crippen LogP contribution is -1.93. The van der Waals surface area contributed by atoms with E-state index in [2.05, 4.69) is 15.9 Å². The van der Waals surface area contributed by atoms with Crippen molar-refractivity contribution in [3.05, 3.63) is 9.51 Å². The first-order valence-electron chi connectivity index (χ1n) is 3.34. The van der Waals surface area contributed by atoms with E-state index in [1.165, 1.54) is 23.7 Å². The molecule has 0 heterocycles. The van der Waals surface area contributed by atoms with Crippen LogP contribution in [0.1, 0.15) is 19.3 Å². The Hall–Kier alpha value is 0.510. The molecule has 0 amide bonds. The molecule has 0 spiro atoms. The van der Waals surface area contributed by atoms with Crippen LogP contribution in [0.15, 0.2) is 9.51 Å². The van der Waals surface area contributed by atoms with Crippen LogP contribution in [0.25, 0.3) is 0 Å². The fourth-order valence-electron chi connectivity index (χ4n) is 1.83. The summed E-state index contributed by atoms with van der Waals surface area (Å²) in [5, 5.41) is 1.10. The van der Waals surface area contributed by atoms with Gasteiger partial charge < -0.3 is 0 Å². The average molecular weight is 207 g/mol. The highest BCUT2D eigenvalue weighted by molar-refractivity contribution is 9.11. The highest BCUT2D eigenvalue weighted by Crippen LogP contribution is 2.52. The van der Waals surface area contributed by atoms with Gasteiger partial charge in [-0.2, -0.15) is 0 Å². The van der Waals surface area contributed by atoms with Crippen molar-refractivity contribution in [3.8, 4) is 0 Å². The monoisotopic (exact) mass is 206 g/mol. The van der Waals surface area contributed by atoms with Gasteiger partial charge in [0, 0.05) is 9.51 Å². The number of halogens is 2. The fourth-order valence-corrected chi connectivity index (χ4v) is 2.92. The molecular formula is C7H8BrCl. The van der Waals surface area contributed by atoms with Gasteiger partial charge in [0.15, 0.2) is 0 Å². The van der Waals surface area contributed by atoms with Crippen LogP contribution in [0.3, 0.4) is 0 Å². The molecule has 1 fully saturated rings. The highest BCUT2D eigenvalue weighted by Gasteiger charge is 2.36. The number of allylic oxidation sites excluding steroid dienone is 2. The molecule has 2 rings (SSSR count). The first-order chi connectivity index (χ1) is 4.29. The van der Waals surface area contributed by atoms with Gasteiger partial charge in [-0.1, -0.05) is 27.5 Å². The minimum absolute atomic E-state index is 0.714. The third-order valence-corrected chi connectivity index (χ3v) is 4.19. The Kier molecular flexibility index (Phi) is 1.38. The van der Waals surface area contributed by atoms with E-state index >= 15 is 0 Å². The van der Waals surface area contributed by atoms with Gasteiger partial charge in [-0.3, -0.25) is 0 Å². The summed E-state index contributed by atoms with van der Waals surface area (Å²) in [6.45, 7) is 0. The zero-order chi connectivity index (χ0) is 6.43. The molecule has 2 aliphatic carbocycles. The predicted molar refractivity (Wildman–Crippen MR) is 42.6 cm³/mol. The zero-order valence-electron chi connectivity index (χ0n) is 5.03. The molecule has 0 nitrogen and oxygen atoms in total. The lowest BCUT2D eigenvalue weighted by Gasteiger charge is -2.08. The standard InChI is InChI=1S/C7H8BrCl/c8-6-4-1-2-5(3-4)7(6)9/h4-5H,1-3H2/t4-,5+/m0/s1. The second kappa shape index (κ2) is 2.00. The summed E-state index contributed by atoms with van der Waals surface area (Å²) in [6.07, 6.45) is 3.97. The predicted octanol–water partition coefficient (Wildman–Crippen LogP) is 3.26. The zero-order valence-corrected chi connectivity index (χ0v) is 7.37.